The maximum absolute atomic E-state index is 9.87. The molecule has 2 nitrogen and oxygen atoms in total. The van der Waals surface area contributed by atoms with Gasteiger partial charge in [-0.25, -0.2) is 4.21 Å². The second kappa shape index (κ2) is 2.90. The van der Waals surface area contributed by atoms with Crippen LogP contribution < -0.4 is 0 Å². The van der Waals surface area contributed by atoms with Gasteiger partial charge in [0.2, 0.25) is 0 Å². The molecular weight excluding hydrogens is 165 g/mol. The molecule has 0 heterocycles. The van der Waals surface area contributed by atoms with Crippen LogP contribution >= 0.6 is 0 Å². The van der Waals surface area contributed by atoms with Crippen LogP contribution in [-0.2, 0) is 30.6 Å². The number of hydrogen-bond acceptors (Lipinski definition) is 1. The molecule has 0 aromatic rings. The minimum Gasteiger partial charge on any atom is -0.306 e. The van der Waals surface area contributed by atoms with Crippen LogP contribution in [0.3, 0.4) is 0 Å². The van der Waals surface area contributed by atoms with E-state index in [0.29, 0.717) is 0 Å². The first-order valence-corrected chi connectivity index (χ1v) is 3.07. The standard InChI is InChI=1S/C3H6O2S.Zn/c4-6(5)3-1-2-3;/h3H,1-2H2,(H,4,5);. The van der Waals surface area contributed by atoms with Gasteiger partial charge in [0.25, 0.3) is 0 Å². The zero-order valence-corrected chi connectivity index (χ0v) is 7.75. The van der Waals surface area contributed by atoms with E-state index in [2.05, 4.69) is 0 Å². The molecule has 4 heteroatoms. The minimum absolute atomic E-state index is 0. The van der Waals surface area contributed by atoms with E-state index >= 15 is 0 Å². The number of rotatable bonds is 1. The van der Waals surface area contributed by atoms with Crippen LogP contribution in [-0.4, -0.2) is 14.0 Å². The zero-order valence-electron chi connectivity index (χ0n) is 3.96. The monoisotopic (exact) mass is 170 g/mol. The van der Waals surface area contributed by atoms with Crippen LogP contribution in [0.15, 0.2) is 0 Å². The van der Waals surface area contributed by atoms with Crippen molar-refractivity contribution >= 4 is 11.1 Å². The van der Waals surface area contributed by atoms with Gasteiger partial charge in [-0.2, -0.15) is 0 Å². The molecule has 1 N–H and O–H groups in total. The first kappa shape index (κ1) is 7.73. The van der Waals surface area contributed by atoms with Crippen molar-refractivity contribution in [1.29, 1.82) is 0 Å². The summed E-state index contributed by atoms with van der Waals surface area (Å²) in [5.74, 6) is 0. The van der Waals surface area contributed by atoms with Crippen LogP contribution in [0.25, 0.3) is 0 Å². The molecular formula is C3H6O2SZn. The van der Waals surface area contributed by atoms with Crippen LogP contribution in [0.1, 0.15) is 12.8 Å². The summed E-state index contributed by atoms with van der Waals surface area (Å²) in [6.07, 6.45) is 1.90. The topological polar surface area (TPSA) is 37.3 Å². The fourth-order valence-electron chi connectivity index (χ4n) is 0.270. The average molecular weight is 172 g/mol. The Hall–Kier alpha value is 0.733. The fraction of sp³-hybridized carbons (Fsp3) is 1.00. The summed E-state index contributed by atoms with van der Waals surface area (Å²) in [6.45, 7) is 0. The third-order valence-corrected chi connectivity index (χ3v) is 1.85. The Kier molecular flexibility index (Phi) is 3.21. The van der Waals surface area contributed by atoms with Gasteiger partial charge in [-0.15, -0.1) is 0 Å². The molecule has 1 saturated carbocycles. The normalized spacial score (nSPS) is 23.0. The van der Waals surface area contributed by atoms with E-state index in [9.17, 15) is 4.21 Å². The Morgan fingerprint density at radius 3 is 2.00 bits per heavy atom. The molecule has 0 aliphatic heterocycles. The summed E-state index contributed by atoms with van der Waals surface area (Å²) in [7, 11) is 0. The molecule has 0 radical (unpaired) electrons. The molecule has 0 saturated heterocycles. The van der Waals surface area contributed by atoms with Gasteiger partial charge in [-0.05, 0) is 12.8 Å². The van der Waals surface area contributed by atoms with Gasteiger partial charge in [-0.3, -0.25) is 0 Å². The van der Waals surface area contributed by atoms with Crippen molar-refractivity contribution in [3.8, 4) is 0 Å². The molecule has 1 rings (SSSR count). The predicted octanol–water partition coefficient (Wildman–Crippen LogP) is 0.368. The second-order valence-electron chi connectivity index (χ2n) is 1.48. The summed E-state index contributed by atoms with van der Waals surface area (Å²) in [4.78, 5) is 0. The molecule has 0 amide bonds. The van der Waals surface area contributed by atoms with Crippen molar-refractivity contribution in [3.05, 3.63) is 0 Å². The van der Waals surface area contributed by atoms with Gasteiger partial charge in [0.1, 0.15) is 0 Å². The van der Waals surface area contributed by atoms with E-state index < -0.39 is 11.1 Å². The van der Waals surface area contributed by atoms with Gasteiger partial charge < -0.3 is 4.55 Å². The smallest absolute Gasteiger partial charge is 0.155 e. The van der Waals surface area contributed by atoms with Gasteiger partial charge in [0.15, 0.2) is 11.1 Å². The van der Waals surface area contributed by atoms with E-state index in [1.807, 2.05) is 0 Å². The molecule has 1 atom stereocenters. The summed E-state index contributed by atoms with van der Waals surface area (Å²) in [5, 5.41) is 0.130. The Bertz CT molecular complexity index is 81.0. The molecule has 1 fully saturated rings. The first-order valence-electron chi connectivity index (χ1n) is 1.90. The van der Waals surface area contributed by atoms with Crippen molar-refractivity contribution in [2.45, 2.75) is 18.1 Å². The third kappa shape index (κ3) is 2.52. The average Bonchev–Trinajstić information content (AvgIpc) is 2.06. The molecule has 0 spiro atoms. The largest absolute Gasteiger partial charge is 0.306 e. The summed E-state index contributed by atoms with van der Waals surface area (Å²) in [5.41, 5.74) is 0. The SMILES string of the molecule is O=S(O)C1CC1.[Zn]. The number of hydrogen-bond donors (Lipinski definition) is 1. The minimum atomic E-state index is -1.51. The van der Waals surface area contributed by atoms with Crippen LogP contribution in [0, 0.1) is 0 Å². The maximum Gasteiger partial charge on any atom is 0.155 e. The fourth-order valence-corrected chi connectivity index (χ4v) is 0.809. The van der Waals surface area contributed by atoms with Crippen molar-refractivity contribution in [3.63, 3.8) is 0 Å². The quantitative estimate of drug-likeness (QED) is 0.457. The molecule has 1 unspecified atom stereocenters. The van der Waals surface area contributed by atoms with Crippen molar-refractivity contribution in [1.82, 2.24) is 0 Å². The Balaban J connectivity index is 0.000000360. The Morgan fingerprint density at radius 2 is 2.00 bits per heavy atom. The van der Waals surface area contributed by atoms with E-state index in [1.54, 1.807) is 0 Å². The first-order chi connectivity index (χ1) is 2.80. The summed E-state index contributed by atoms with van der Waals surface area (Å²) in [6, 6.07) is 0. The Labute approximate surface area is 57.7 Å². The van der Waals surface area contributed by atoms with Crippen molar-refractivity contribution in [2.24, 2.45) is 0 Å². The van der Waals surface area contributed by atoms with Crippen LogP contribution in [0.2, 0.25) is 0 Å². The second-order valence-corrected chi connectivity index (χ2v) is 2.69. The predicted molar refractivity (Wildman–Crippen MR) is 23.8 cm³/mol. The van der Waals surface area contributed by atoms with E-state index in [4.69, 9.17) is 4.55 Å². The summed E-state index contributed by atoms with van der Waals surface area (Å²) < 4.78 is 18.0. The van der Waals surface area contributed by atoms with Crippen LogP contribution in [0.5, 0.6) is 0 Å². The molecule has 0 aromatic heterocycles. The maximum atomic E-state index is 9.87. The molecule has 38 valence electrons. The van der Waals surface area contributed by atoms with Gasteiger partial charge in [0, 0.05) is 19.5 Å². The molecule has 0 bridgehead atoms. The van der Waals surface area contributed by atoms with E-state index in [0.717, 1.165) is 12.8 Å². The van der Waals surface area contributed by atoms with Gasteiger partial charge >= 0.3 is 0 Å². The van der Waals surface area contributed by atoms with Gasteiger partial charge in [-0.1, -0.05) is 0 Å². The summed E-state index contributed by atoms with van der Waals surface area (Å²) >= 11 is -1.51. The van der Waals surface area contributed by atoms with E-state index in [1.165, 1.54) is 0 Å². The third-order valence-electron chi connectivity index (χ3n) is 0.810. The van der Waals surface area contributed by atoms with E-state index in [-0.39, 0.29) is 24.7 Å². The molecule has 1 aliphatic rings. The molecule has 0 aromatic carbocycles. The van der Waals surface area contributed by atoms with Crippen molar-refractivity contribution in [2.75, 3.05) is 0 Å². The molecule has 7 heavy (non-hydrogen) atoms. The van der Waals surface area contributed by atoms with Gasteiger partial charge in [0.05, 0.1) is 5.25 Å². The van der Waals surface area contributed by atoms with Crippen molar-refractivity contribution < 1.29 is 28.2 Å². The molecule has 1 aliphatic carbocycles. The zero-order chi connectivity index (χ0) is 4.57. The van der Waals surface area contributed by atoms with Crippen LogP contribution in [0.4, 0.5) is 0 Å². The Morgan fingerprint density at radius 1 is 1.57 bits per heavy atom.